The molecule has 1 saturated heterocycles. The Morgan fingerprint density at radius 3 is 2.55 bits per heavy atom. The van der Waals surface area contributed by atoms with Crippen LogP contribution in [0.4, 0.5) is 14.5 Å². The molecule has 2 unspecified atom stereocenters. The summed E-state index contributed by atoms with van der Waals surface area (Å²) in [6.07, 6.45) is 0.756. The number of oxime groups is 1. The molecule has 4 N–H and O–H groups in total. The second-order valence-electron chi connectivity index (χ2n) is 4.98. The van der Waals surface area contributed by atoms with Crippen LogP contribution in [0.3, 0.4) is 0 Å². The number of anilines is 1. The van der Waals surface area contributed by atoms with Gasteiger partial charge in [-0.3, -0.25) is 0 Å². The van der Waals surface area contributed by atoms with Gasteiger partial charge in [0, 0.05) is 12.1 Å². The molecule has 0 bridgehead atoms. The zero-order valence-electron chi connectivity index (χ0n) is 11.1. The predicted molar refractivity (Wildman–Crippen MR) is 70.9 cm³/mol. The number of nitrogens with zero attached hydrogens (tertiary/aromatic N) is 2. The van der Waals surface area contributed by atoms with Crippen molar-refractivity contribution in [1.29, 1.82) is 0 Å². The first-order valence-electron chi connectivity index (χ1n) is 6.34. The number of halogens is 2. The summed E-state index contributed by atoms with van der Waals surface area (Å²) in [5.74, 6) is -1.79. The first-order chi connectivity index (χ1) is 9.49. The second-order valence-corrected chi connectivity index (χ2v) is 4.98. The van der Waals surface area contributed by atoms with Crippen LogP contribution >= 0.6 is 0 Å². The standard InChI is InChI=1S/C13H17F2N3O2/c1-7-2-3-18(11(7)6-19)12-9(14)4-8(5-10(12)15)13(16)17-20/h4-5,7,11,19-20H,2-3,6H2,1H3,(H2,16,17). The first kappa shape index (κ1) is 14.5. The third-order valence-corrected chi connectivity index (χ3v) is 3.78. The van der Waals surface area contributed by atoms with Crippen LogP contribution in [0.1, 0.15) is 18.9 Å². The average molecular weight is 285 g/mol. The molecule has 1 heterocycles. The van der Waals surface area contributed by atoms with Crippen molar-refractivity contribution in [3.05, 3.63) is 29.3 Å². The number of amidine groups is 1. The fraction of sp³-hybridized carbons (Fsp3) is 0.462. The monoisotopic (exact) mass is 285 g/mol. The van der Waals surface area contributed by atoms with E-state index in [0.29, 0.717) is 6.54 Å². The highest BCUT2D eigenvalue weighted by Crippen LogP contribution is 2.33. The molecule has 20 heavy (non-hydrogen) atoms. The highest BCUT2D eigenvalue weighted by atomic mass is 19.1. The molecule has 1 aliphatic heterocycles. The number of benzene rings is 1. The maximum Gasteiger partial charge on any atom is 0.170 e. The van der Waals surface area contributed by atoms with Crippen molar-refractivity contribution < 1.29 is 19.1 Å². The van der Waals surface area contributed by atoms with Crippen LogP contribution in [0.25, 0.3) is 0 Å². The van der Waals surface area contributed by atoms with Crippen molar-refractivity contribution >= 4 is 11.5 Å². The van der Waals surface area contributed by atoms with Crippen molar-refractivity contribution in [2.75, 3.05) is 18.1 Å². The van der Waals surface area contributed by atoms with Crippen LogP contribution in [-0.2, 0) is 0 Å². The summed E-state index contributed by atoms with van der Waals surface area (Å²) in [6, 6.07) is 1.73. The van der Waals surface area contributed by atoms with Crippen LogP contribution in [0.15, 0.2) is 17.3 Å². The zero-order chi connectivity index (χ0) is 14.9. The first-order valence-corrected chi connectivity index (χ1v) is 6.34. The molecule has 0 saturated carbocycles. The molecule has 5 nitrogen and oxygen atoms in total. The van der Waals surface area contributed by atoms with Crippen LogP contribution in [-0.4, -0.2) is 35.3 Å². The molecule has 2 rings (SSSR count). The van der Waals surface area contributed by atoms with Gasteiger partial charge >= 0.3 is 0 Å². The molecule has 7 heteroatoms. The van der Waals surface area contributed by atoms with Crippen molar-refractivity contribution in [3.63, 3.8) is 0 Å². The Labute approximate surface area is 115 Å². The fourth-order valence-electron chi connectivity index (χ4n) is 2.61. The van der Waals surface area contributed by atoms with Gasteiger partial charge in [-0.2, -0.15) is 0 Å². The number of hydrogen-bond acceptors (Lipinski definition) is 4. The zero-order valence-corrected chi connectivity index (χ0v) is 11.1. The van der Waals surface area contributed by atoms with Gasteiger partial charge in [-0.05, 0) is 24.5 Å². The largest absolute Gasteiger partial charge is 0.409 e. The predicted octanol–water partition coefficient (Wildman–Crippen LogP) is 1.27. The van der Waals surface area contributed by atoms with E-state index in [1.807, 2.05) is 6.92 Å². The van der Waals surface area contributed by atoms with E-state index >= 15 is 0 Å². The molecule has 0 radical (unpaired) electrons. The Balaban J connectivity index is 2.43. The van der Waals surface area contributed by atoms with Crippen molar-refractivity contribution in [3.8, 4) is 0 Å². The third kappa shape index (κ3) is 2.40. The summed E-state index contributed by atoms with van der Waals surface area (Å²) in [6.45, 7) is 2.24. The van der Waals surface area contributed by atoms with Gasteiger partial charge in [0.2, 0.25) is 0 Å². The van der Waals surface area contributed by atoms with E-state index in [1.165, 1.54) is 4.90 Å². The lowest BCUT2D eigenvalue weighted by Crippen LogP contribution is -2.36. The summed E-state index contributed by atoms with van der Waals surface area (Å²) in [4.78, 5) is 1.53. The van der Waals surface area contributed by atoms with Gasteiger partial charge in [0.25, 0.3) is 0 Å². The number of hydrogen-bond donors (Lipinski definition) is 3. The molecule has 0 amide bonds. The SMILES string of the molecule is CC1CCN(c2c(F)cc(C(N)=NO)cc2F)C1CO. The number of aliphatic hydroxyl groups is 1. The molecule has 0 aromatic heterocycles. The van der Waals surface area contributed by atoms with E-state index in [2.05, 4.69) is 5.16 Å². The fourth-order valence-corrected chi connectivity index (χ4v) is 2.61. The Morgan fingerprint density at radius 2 is 2.05 bits per heavy atom. The maximum absolute atomic E-state index is 14.1. The quantitative estimate of drug-likeness (QED) is 0.338. The lowest BCUT2D eigenvalue weighted by molar-refractivity contribution is 0.244. The minimum Gasteiger partial charge on any atom is -0.409 e. The lowest BCUT2D eigenvalue weighted by atomic mass is 10.0. The lowest BCUT2D eigenvalue weighted by Gasteiger charge is -2.28. The smallest absolute Gasteiger partial charge is 0.170 e. The normalized spacial score (nSPS) is 23.4. The van der Waals surface area contributed by atoms with Crippen LogP contribution < -0.4 is 10.6 Å². The Kier molecular flexibility index (Phi) is 4.08. The van der Waals surface area contributed by atoms with Gasteiger partial charge in [-0.15, -0.1) is 0 Å². The number of rotatable bonds is 3. The minimum absolute atomic E-state index is 0.0287. The highest BCUT2D eigenvalue weighted by Gasteiger charge is 2.34. The van der Waals surface area contributed by atoms with Gasteiger partial charge < -0.3 is 20.9 Å². The third-order valence-electron chi connectivity index (χ3n) is 3.78. The number of aliphatic hydroxyl groups excluding tert-OH is 1. The van der Waals surface area contributed by atoms with E-state index in [4.69, 9.17) is 10.9 Å². The molecule has 1 aromatic rings. The molecule has 1 aromatic carbocycles. The van der Waals surface area contributed by atoms with Crippen molar-refractivity contribution in [1.82, 2.24) is 0 Å². The number of nitrogens with two attached hydrogens (primary N) is 1. The van der Waals surface area contributed by atoms with E-state index in [9.17, 15) is 13.9 Å². The summed E-state index contributed by atoms with van der Waals surface area (Å²) in [7, 11) is 0. The van der Waals surface area contributed by atoms with E-state index < -0.39 is 11.6 Å². The highest BCUT2D eigenvalue weighted by molar-refractivity contribution is 5.97. The molecule has 0 aliphatic carbocycles. The topological polar surface area (TPSA) is 82.1 Å². The summed E-state index contributed by atoms with van der Waals surface area (Å²) < 4.78 is 28.3. The molecular weight excluding hydrogens is 268 g/mol. The summed E-state index contributed by atoms with van der Waals surface area (Å²) >= 11 is 0. The van der Waals surface area contributed by atoms with Gasteiger partial charge in [0.15, 0.2) is 5.84 Å². The molecule has 0 spiro atoms. The van der Waals surface area contributed by atoms with Crippen LogP contribution in [0, 0.1) is 17.6 Å². The Bertz CT molecular complexity index is 513. The van der Waals surface area contributed by atoms with E-state index in [1.54, 1.807) is 0 Å². The molecule has 110 valence electrons. The minimum atomic E-state index is -0.792. The maximum atomic E-state index is 14.1. The van der Waals surface area contributed by atoms with Crippen LogP contribution in [0.2, 0.25) is 0 Å². The summed E-state index contributed by atoms with van der Waals surface area (Å²) in [5, 5.41) is 20.6. The molecule has 2 atom stereocenters. The molecule has 1 aliphatic rings. The molecule has 1 fully saturated rings. The summed E-state index contributed by atoms with van der Waals surface area (Å²) in [5.41, 5.74) is 5.12. The average Bonchev–Trinajstić information content (AvgIpc) is 2.78. The van der Waals surface area contributed by atoms with Gasteiger partial charge in [0.05, 0.1) is 12.6 Å². The molecular formula is C13H17F2N3O2. The van der Waals surface area contributed by atoms with Gasteiger partial charge in [-0.25, -0.2) is 8.78 Å². The van der Waals surface area contributed by atoms with Gasteiger partial charge in [0.1, 0.15) is 17.3 Å². The van der Waals surface area contributed by atoms with Gasteiger partial charge in [-0.1, -0.05) is 12.1 Å². The van der Waals surface area contributed by atoms with E-state index in [-0.39, 0.29) is 35.7 Å². The van der Waals surface area contributed by atoms with Crippen molar-refractivity contribution in [2.45, 2.75) is 19.4 Å². The Hall–Kier alpha value is -1.89. The van der Waals surface area contributed by atoms with E-state index in [0.717, 1.165) is 18.6 Å². The Morgan fingerprint density at radius 1 is 1.45 bits per heavy atom. The van der Waals surface area contributed by atoms with Crippen LogP contribution in [0.5, 0.6) is 0 Å². The van der Waals surface area contributed by atoms with Crippen molar-refractivity contribution in [2.24, 2.45) is 16.8 Å². The second kappa shape index (κ2) is 5.62.